The highest BCUT2D eigenvalue weighted by Crippen LogP contribution is 2.09. The predicted octanol–water partition coefficient (Wildman–Crippen LogP) is -1.99. The quantitative estimate of drug-likeness (QED) is 0.570. The molecule has 1 saturated heterocycles. The van der Waals surface area contributed by atoms with E-state index in [-0.39, 0.29) is 12.5 Å². The summed E-state index contributed by atoms with van der Waals surface area (Å²) >= 11 is 0. The maximum Gasteiger partial charge on any atom is 0.323 e. The summed E-state index contributed by atoms with van der Waals surface area (Å²) in [5.41, 5.74) is 4.94. The van der Waals surface area contributed by atoms with Gasteiger partial charge < -0.3 is 20.6 Å². The summed E-state index contributed by atoms with van der Waals surface area (Å²) in [6.45, 7) is -0.807. The van der Waals surface area contributed by atoms with E-state index in [9.17, 15) is 19.2 Å². The molecule has 1 aliphatic heterocycles. The van der Waals surface area contributed by atoms with E-state index in [4.69, 9.17) is 10.8 Å². The standard InChI is InChI=1S/C10H15N3O5/c11-7(14)4-13(6-10(17)18)9(16)5-12-3-1-2-8(12)15/h1-6H2,(H2,11,14)(H,17,18). The molecule has 1 aliphatic rings. The highest BCUT2D eigenvalue weighted by atomic mass is 16.4. The topological polar surface area (TPSA) is 121 Å². The summed E-state index contributed by atoms with van der Waals surface area (Å²) < 4.78 is 0. The Morgan fingerprint density at radius 1 is 1.33 bits per heavy atom. The lowest BCUT2D eigenvalue weighted by atomic mass is 10.4. The van der Waals surface area contributed by atoms with Gasteiger partial charge in [0.25, 0.3) is 0 Å². The smallest absolute Gasteiger partial charge is 0.323 e. The summed E-state index contributed by atoms with van der Waals surface area (Å²) in [5, 5.41) is 8.63. The van der Waals surface area contributed by atoms with Gasteiger partial charge in [0, 0.05) is 13.0 Å². The number of nitrogens with two attached hydrogens (primary N) is 1. The second kappa shape index (κ2) is 5.99. The Bertz CT molecular complexity index is 366. The van der Waals surface area contributed by atoms with Crippen molar-refractivity contribution >= 4 is 23.7 Å². The third-order valence-corrected chi connectivity index (χ3v) is 2.52. The van der Waals surface area contributed by atoms with Crippen LogP contribution in [0.25, 0.3) is 0 Å². The molecule has 0 radical (unpaired) electrons. The summed E-state index contributed by atoms with van der Waals surface area (Å²) in [5.74, 6) is -2.76. The van der Waals surface area contributed by atoms with Crippen molar-refractivity contribution in [2.24, 2.45) is 5.73 Å². The van der Waals surface area contributed by atoms with E-state index in [2.05, 4.69) is 0 Å². The number of carbonyl (C=O) groups excluding carboxylic acids is 3. The number of aliphatic carboxylic acids is 1. The van der Waals surface area contributed by atoms with Gasteiger partial charge in [0.15, 0.2) is 0 Å². The van der Waals surface area contributed by atoms with Crippen LogP contribution >= 0.6 is 0 Å². The number of hydrogen-bond acceptors (Lipinski definition) is 4. The van der Waals surface area contributed by atoms with Crippen molar-refractivity contribution in [2.45, 2.75) is 12.8 Å². The average molecular weight is 257 g/mol. The number of rotatable bonds is 6. The van der Waals surface area contributed by atoms with Crippen LogP contribution < -0.4 is 5.73 Å². The van der Waals surface area contributed by atoms with Gasteiger partial charge >= 0.3 is 5.97 Å². The van der Waals surface area contributed by atoms with Gasteiger partial charge in [-0.05, 0) is 6.42 Å². The van der Waals surface area contributed by atoms with Crippen LogP contribution in [-0.2, 0) is 19.2 Å². The number of amides is 3. The number of carbonyl (C=O) groups is 4. The minimum atomic E-state index is -1.24. The predicted molar refractivity (Wildman–Crippen MR) is 59.2 cm³/mol. The van der Waals surface area contributed by atoms with Gasteiger partial charge in [-0.1, -0.05) is 0 Å². The van der Waals surface area contributed by atoms with Gasteiger partial charge in [0.1, 0.15) is 6.54 Å². The molecule has 0 aliphatic carbocycles. The SMILES string of the molecule is NC(=O)CN(CC(=O)O)C(=O)CN1CCCC1=O. The Labute approximate surface area is 103 Å². The van der Waals surface area contributed by atoms with Crippen LogP contribution in [0.2, 0.25) is 0 Å². The fourth-order valence-electron chi connectivity index (χ4n) is 1.72. The van der Waals surface area contributed by atoms with Crippen molar-refractivity contribution in [1.29, 1.82) is 0 Å². The molecular formula is C10H15N3O5. The van der Waals surface area contributed by atoms with E-state index in [1.807, 2.05) is 0 Å². The molecule has 8 heteroatoms. The minimum Gasteiger partial charge on any atom is -0.480 e. The van der Waals surface area contributed by atoms with Crippen molar-refractivity contribution < 1.29 is 24.3 Å². The molecule has 3 amide bonds. The van der Waals surface area contributed by atoms with Crippen molar-refractivity contribution in [3.63, 3.8) is 0 Å². The van der Waals surface area contributed by atoms with Crippen LogP contribution in [0.5, 0.6) is 0 Å². The van der Waals surface area contributed by atoms with E-state index >= 15 is 0 Å². The van der Waals surface area contributed by atoms with E-state index in [0.29, 0.717) is 19.4 Å². The lowest BCUT2D eigenvalue weighted by Crippen LogP contribution is -2.46. The van der Waals surface area contributed by atoms with Crippen LogP contribution in [0, 0.1) is 0 Å². The lowest BCUT2D eigenvalue weighted by Gasteiger charge is -2.22. The molecule has 0 aromatic carbocycles. The normalized spacial score (nSPS) is 14.7. The van der Waals surface area contributed by atoms with Crippen molar-refractivity contribution in [2.75, 3.05) is 26.2 Å². The molecule has 0 unspecified atom stereocenters. The number of likely N-dealkylation sites (tertiary alicyclic amines) is 1. The Balaban J connectivity index is 2.60. The third kappa shape index (κ3) is 4.04. The maximum absolute atomic E-state index is 11.8. The Hall–Kier alpha value is -2.12. The summed E-state index contributed by atoms with van der Waals surface area (Å²) in [6, 6.07) is 0. The van der Waals surface area contributed by atoms with Crippen LogP contribution in [0.4, 0.5) is 0 Å². The highest BCUT2D eigenvalue weighted by Gasteiger charge is 2.26. The zero-order valence-electron chi connectivity index (χ0n) is 9.79. The van der Waals surface area contributed by atoms with Crippen molar-refractivity contribution in [3.05, 3.63) is 0 Å². The van der Waals surface area contributed by atoms with Gasteiger partial charge in [-0.3, -0.25) is 19.2 Å². The first kappa shape index (κ1) is 13.9. The second-order valence-corrected chi connectivity index (χ2v) is 4.03. The molecule has 0 saturated carbocycles. The summed E-state index contributed by atoms with van der Waals surface area (Å²) in [7, 11) is 0. The molecule has 0 atom stereocenters. The van der Waals surface area contributed by atoms with E-state index in [0.717, 1.165) is 4.90 Å². The minimum absolute atomic E-state index is 0.141. The van der Waals surface area contributed by atoms with E-state index in [1.165, 1.54) is 4.90 Å². The molecule has 8 nitrogen and oxygen atoms in total. The molecule has 1 rings (SSSR count). The van der Waals surface area contributed by atoms with Gasteiger partial charge in [0.05, 0.1) is 13.1 Å². The zero-order chi connectivity index (χ0) is 13.7. The average Bonchev–Trinajstić information content (AvgIpc) is 2.62. The molecule has 0 aromatic rings. The molecule has 1 fully saturated rings. The molecule has 0 aromatic heterocycles. The number of nitrogens with zero attached hydrogens (tertiary/aromatic N) is 2. The maximum atomic E-state index is 11.8. The van der Waals surface area contributed by atoms with Crippen LogP contribution in [0.1, 0.15) is 12.8 Å². The number of hydrogen-bond donors (Lipinski definition) is 2. The van der Waals surface area contributed by atoms with Gasteiger partial charge in [-0.2, -0.15) is 0 Å². The highest BCUT2D eigenvalue weighted by molar-refractivity contribution is 5.90. The molecule has 100 valence electrons. The fourth-order valence-corrected chi connectivity index (χ4v) is 1.72. The van der Waals surface area contributed by atoms with Crippen LogP contribution in [0.15, 0.2) is 0 Å². The van der Waals surface area contributed by atoms with E-state index in [1.54, 1.807) is 0 Å². The molecule has 0 bridgehead atoms. The fraction of sp³-hybridized carbons (Fsp3) is 0.600. The third-order valence-electron chi connectivity index (χ3n) is 2.52. The van der Waals surface area contributed by atoms with Crippen molar-refractivity contribution in [1.82, 2.24) is 9.80 Å². The Kier molecular flexibility index (Phi) is 4.64. The van der Waals surface area contributed by atoms with Crippen LogP contribution in [-0.4, -0.2) is 64.8 Å². The second-order valence-electron chi connectivity index (χ2n) is 4.03. The summed E-state index contributed by atoms with van der Waals surface area (Å²) in [6.07, 6.45) is 1.07. The van der Waals surface area contributed by atoms with Gasteiger partial charge in [-0.15, -0.1) is 0 Å². The first-order valence-corrected chi connectivity index (χ1v) is 5.46. The number of carboxylic acids is 1. The zero-order valence-corrected chi connectivity index (χ0v) is 9.79. The monoisotopic (exact) mass is 257 g/mol. The molecule has 18 heavy (non-hydrogen) atoms. The van der Waals surface area contributed by atoms with Crippen molar-refractivity contribution in [3.8, 4) is 0 Å². The molecule has 1 heterocycles. The Morgan fingerprint density at radius 2 is 2.00 bits per heavy atom. The van der Waals surface area contributed by atoms with Gasteiger partial charge in [0.2, 0.25) is 17.7 Å². The molecule has 0 spiro atoms. The Morgan fingerprint density at radius 3 is 2.44 bits per heavy atom. The number of carboxylic acid groups (broad SMARTS) is 1. The summed E-state index contributed by atoms with van der Waals surface area (Å²) in [4.78, 5) is 46.6. The number of primary amides is 1. The first-order valence-electron chi connectivity index (χ1n) is 5.46. The molecular weight excluding hydrogens is 242 g/mol. The van der Waals surface area contributed by atoms with Gasteiger partial charge in [-0.25, -0.2) is 0 Å². The van der Waals surface area contributed by atoms with E-state index < -0.39 is 30.9 Å². The van der Waals surface area contributed by atoms with Crippen LogP contribution in [0.3, 0.4) is 0 Å². The largest absolute Gasteiger partial charge is 0.480 e. The first-order chi connectivity index (χ1) is 8.40. The lowest BCUT2D eigenvalue weighted by molar-refractivity contribution is -0.146. The molecule has 3 N–H and O–H groups in total.